The number of amides is 1. The van der Waals surface area contributed by atoms with Crippen LogP contribution in [0, 0.1) is 0 Å². The minimum Gasteiger partial charge on any atom is -0.436 e. The minimum absolute atomic E-state index is 0.377. The highest BCUT2D eigenvalue weighted by Crippen LogP contribution is 2.05. The fourth-order valence-corrected chi connectivity index (χ4v) is 0.672. The molecule has 1 atom stereocenters. The van der Waals surface area contributed by atoms with Gasteiger partial charge >= 0.3 is 6.09 Å². The smallest absolute Gasteiger partial charge is 0.410 e. The zero-order chi connectivity index (χ0) is 6.85. The number of ether oxygens (including phenoxy) is 1. The molecule has 1 heterocycles. The molecule has 0 bridgehead atoms. The molecule has 9 heavy (non-hydrogen) atoms. The largest absolute Gasteiger partial charge is 0.436 e. The quantitative estimate of drug-likeness (QED) is 0.454. The molecule has 1 saturated heterocycles. The fourth-order valence-electron chi connectivity index (χ4n) is 0.672. The number of nitrogens with zero attached hydrogens (tertiary/aromatic N) is 1. The van der Waals surface area contributed by atoms with Crippen LogP contribution in [0.4, 0.5) is 4.79 Å². The molecule has 1 unspecified atom stereocenters. The number of hydrogen-bond donors (Lipinski definition) is 0. The van der Waals surface area contributed by atoms with Crippen molar-refractivity contribution in [3.05, 3.63) is 0 Å². The molecule has 0 saturated carbocycles. The van der Waals surface area contributed by atoms with Crippen LogP contribution in [0.25, 0.3) is 0 Å². The van der Waals surface area contributed by atoms with E-state index >= 15 is 0 Å². The van der Waals surface area contributed by atoms with E-state index in [2.05, 4.69) is 4.74 Å². The van der Waals surface area contributed by atoms with Gasteiger partial charge in [0.1, 0.15) is 0 Å². The van der Waals surface area contributed by atoms with E-state index in [0.717, 1.165) is 0 Å². The number of carbonyl (C=O) groups excluding carboxylic acids is 2. The van der Waals surface area contributed by atoms with Gasteiger partial charge in [0.25, 0.3) is 0 Å². The average Bonchev–Trinajstić information content (AvgIpc) is 2.13. The maximum atomic E-state index is 10.5. The van der Waals surface area contributed by atoms with Crippen molar-refractivity contribution in [3.8, 4) is 0 Å². The van der Waals surface area contributed by atoms with E-state index < -0.39 is 12.2 Å². The summed E-state index contributed by atoms with van der Waals surface area (Å²) in [4.78, 5) is 21.8. The van der Waals surface area contributed by atoms with Crippen LogP contribution < -0.4 is 0 Å². The third kappa shape index (κ3) is 1.01. The monoisotopic (exact) mass is 129 g/mol. The summed E-state index contributed by atoms with van der Waals surface area (Å²) in [5, 5.41) is 0. The second-order valence-electron chi connectivity index (χ2n) is 1.94. The van der Waals surface area contributed by atoms with Gasteiger partial charge in [-0.1, -0.05) is 0 Å². The van der Waals surface area contributed by atoms with Crippen molar-refractivity contribution in [1.29, 1.82) is 0 Å². The Hall–Kier alpha value is -1.06. The summed E-state index contributed by atoms with van der Waals surface area (Å²) in [6, 6.07) is 0. The lowest BCUT2D eigenvalue weighted by molar-refractivity contribution is -0.113. The molecule has 1 aliphatic rings. The van der Waals surface area contributed by atoms with Crippen molar-refractivity contribution in [1.82, 2.24) is 4.90 Å². The van der Waals surface area contributed by atoms with Gasteiger partial charge < -0.3 is 9.64 Å². The second kappa shape index (κ2) is 2.05. The van der Waals surface area contributed by atoms with E-state index in [-0.39, 0.29) is 0 Å². The molecule has 4 nitrogen and oxygen atoms in total. The van der Waals surface area contributed by atoms with Gasteiger partial charge in [0.2, 0.25) is 0 Å². The molecule has 1 rings (SSSR count). The summed E-state index contributed by atoms with van der Waals surface area (Å²) < 4.78 is 4.54. The summed E-state index contributed by atoms with van der Waals surface area (Å²) >= 11 is 0. The van der Waals surface area contributed by atoms with Crippen molar-refractivity contribution in [2.75, 3.05) is 13.6 Å². The van der Waals surface area contributed by atoms with Crippen LogP contribution in [-0.2, 0) is 9.53 Å². The zero-order valence-electron chi connectivity index (χ0n) is 5.03. The first-order valence-electron chi connectivity index (χ1n) is 2.61. The molecule has 50 valence electrons. The molecular weight excluding hydrogens is 122 g/mol. The molecule has 1 amide bonds. The predicted octanol–water partition coefficient (Wildman–Crippen LogP) is -0.364. The van der Waals surface area contributed by atoms with E-state index in [1.54, 1.807) is 7.05 Å². The highest BCUT2D eigenvalue weighted by atomic mass is 16.6. The lowest BCUT2D eigenvalue weighted by atomic mass is 10.4. The fraction of sp³-hybridized carbons (Fsp3) is 0.600. The van der Waals surface area contributed by atoms with Crippen LogP contribution in [0.2, 0.25) is 0 Å². The Morgan fingerprint density at radius 3 is 2.78 bits per heavy atom. The van der Waals surface area contributed by atoms with Gasteiger partial charge in [0, 0.05) is 7.05 Å². The van der Waals surface area contributed by atoms with E-state index in [0.29, 0.717) is 12.8 Å². The van der Waals surface area contributed by atoms with Crippen molar-refractivity contribution in [2.45, 2.75) is 6.10 Å². The Morgan fingerprint density at radius 1 is 1.89 bits per heavy atom. The molecule has 0 radical (unpaired) electrons. The van der Waals surface area contributed by atoms with Crippen LogP contribution in [-0.4, -0.2) is 37.0 Å². The Balaban J connectivity index is 2.53. The standard InChI is InChI=1S/C5H7NO3/c1-6-2-4(3-7)9-5(6)8/h3-4H,2H2,1H3. The number of cyclic esters (lactones) is 1. The summed E-state index contributed by atoms with van der Waals surface area (Å²) in [5.74, 6) is 0. The Labute approximate surface area is 52.4 Å². The number of rotatable bonds is 1. The van der Waals surface area contributed by atoms with E-state index in [4.69, 9.17) is 0 Å². The number of hydrogen-bond acceptors (Lipinski definition) is 3. The molecule has 0 aromatic carbocycles. The number of likely N-dealkylation sites (N-methyl/N-ethyl adjacent to an activating group) is 1. The van der Waals surface area contributed by atoms with Crippen molar-refractivity contribution < 1.29 is 14.3 Å². The summed E-state index contributed by atoms with van der Waals surface area (Å²) in [5.41, 5.74) is 0. The van der Waals surface area contributed by atoms with Crippen LogP contribution in [0.3, 0.4) is 0 Å². The lowest BCUT2D eigenvalue weighted by Crippen LogP contribution is -2.19. The topological polar surface area (TPSA) is 46.6 Å². The summed E-state index contributed by atoms with van der Waals surface area (Å²) in [6.45, 7) is 0.377. The van der Waals surface area contributed by atoms with Gasteiger partial charge in [-0.3, -0.25) is 4.79 Å². The highest BCUT2D eigenvalue weighted by Gasteiger charge is 2.27. The van der Waals surface area contributed by atoms with E-state index in [1.807, 2.05) is 0 Å². The third-order valence-electron chi connectivity index (χ3n) is 1.17. The lowest BCUT2D eigenvalue weighted by Gasteiger charge is -1.99. The first-order valence-corrected chi connectivity index (χ1v) is 2.61. The molecule has 1 aliphatic heterocycles. The molecular formula is C5H7NO3. The molecule has 1 fully saturated rings. The molecule has 0 aromatic heterocycles. The van der Waals surface area contributed by atoms with Crippen LogP contribution in [0.15, 0.2) is 0 Å². The number of carbonyl (C=O) groups is 2. The highest BCUT2D eigenvalue weighted by molar-refractivity contribution is 5.74. The van der Waals surface area contributed by atoms with Gasteiger partial charge in [-0.25, -0.2) is 4.79 Å². The van der Waals surface area contributed by atoms with E-state index in [9.17, 15) is 9.59 Å². The maximum absolute atomic E-state index is 10.5. The minimum atomic E-state index is -0.553. The second-order valence-corrected chi connectivity index (χ2v) is 1.94. The third-order valence-corrected chi connectivity index (χ3v) is 1.17. The molecule has 0 N–H and O–H groups in total. The molecule has 0 aromatic rings. The summed E-state index contributed by atoms with van der Waals surface area (Å²) in [7, 11) is 1.59. The van der Waals surface area contributed by atoms with Crippen molar-refractivity contribution in [3.63, 3.8) is 0 Å². The van der Waals surface area contributed by atoms with Gasteiger partial charge in [-0.05, 0) is 0 Å². The van der Waals surface area contributed by atoms with Crippen molar-refractivity contribution >= 4 is 12.4 Å². The maximum Gasteiger partial charge on any atom is 0.410 e. The van der Waals surface area contributed by atoms with Crippen LogP contribution >= 0.6 is 0 Å². The molecule has 4 heteroatoms. The van der Waals surface area contributed by atoms with Gasteiger partial charge in [-0.2, -0.15) is 0 Å². The van der Waals surface area contributed by atoms with Gasteiger partial charge in [-0.15, -0.1) is 0 Å². The SMILES string of the molecule is CN1CC(C=O)OC1=O. The first kappa shape index (κ1) is 6.07. The molecule has 0 aliphatic carbocycles. The normalized spacial score (nSPS) is 26.1. The van der Waals surface area contributed by atoms with E-state index in [1.165, 1.54) is 4.90 Å². The molecule has 0 spiro atoms. The van der Waals surface area contributed by atoms with Gasteiger partial charge in [0.15, 0.2) is 12.4 Å². The average molecular weight is 129 g/mol. The predicted molar refractivity (Wildman–Crippen MR) is 29.0 cm³/mol. The van der Waals surface area contributed by atoms with Crippen LogP contribution in [0.1, 0.15) is 0 Å². The van der Waals surface area contributed by atoms with Crippen LogP contribution in [0.5, 0.6) is 0 Å². The van der Waals surface area contributed by atoms with Crippen molar-refractivity contribution in [2.24, 2.45) is 0 Å². The Bertz CT molecular complexity index is 145. The van der Waals surface area contributed by atoms with Gasteiger partial charge in [0.05, 0.1) is 6.54 Å². The first-order chi connectivity index (χ1) is 4.24. The number of aldehydes is 1. The Morgan fingerprint density at radius 2 is 2.56 bits per heavy atom. The zero-order valence-corrected chi connectivity index (χ0v) is 5.03. The Kier molecular flexibility index (Phi) is 1.38. The summed E-state index contributed by atoms with van der Waals surface area (Å²) in [6.07, 6.45) is -0.351.